The lowest BCUT2D eigenvalue weighted by Gasteiger charge is -2.22. The molecule has 0 saturated carbocycles. The summed E-state index contributed by atoms with van der Waals surface area (Å²) in [4.78, 5) is 8.58. The summed E-state index contributed by atoms with van der Waals surface area (Å²) in [6, 6.07) is 0. The Balaban J connectivity index is 0.000000386. The lowest BCUT2D eigenvalue weighted by molar-refractivity contribution is -0.106. The molecule has 1 amide bonds. The van der Waals surface area contributed by atoms with E-state index in [0.717, 1.165) is 18.7 Å². The largest absolute Gasteiger partial charge is 0.372 e. The Hall–Kier alpha value is -1.36. The van der Waals surface area contributed by atoms with Crippen LogP contribution in [-0.2, 0) is 9.53 Å². The number of amides is 1. The highest BCUT2D eigenvalue weighted by Gasteiger charge is 2.16. The summed E-state index contributed by atoms with van der Waals surface area (Å²) in [5.41, 5.74) is 6.52. The molecule has 16 heavy (non-hydrogen) atoms. The van der Waals surface area contributed by atoms with Crippen molar-refractivity contribution in [3.05, 3.63) is 17.5 Å². The van der Waals surface area contributed by atoms with E-state index in [0.29, 0.717) is 0 Å². The minimum Gasteiger partial charge on any atom is -0.372 e. The predicted molar refractivity (Wildman–Crippen MR) is 60.8 cm³/mol. The number of aryl methyl sites for hydroxylation is 2. The summed E-state index contributed by atoms with van der Waals surface area (Å²) in [7, 11) is 0. The van der Waals surface area contributed by atoms with Gasteiger partial charge in [0.05, 0.1) is 5.69 Å². The molecule has 0 spiro atoms. The molecule has 1 fully saturated rings. The number of nitrogens with two attached hydrogens (primary N) is 1. The van der Waals surface area contributed by atoms with E-state index in [2.05, 4.69) is 24.0 Å². The Morgan fingerprint density at radius 2 is 2.25 bits per heavy atom. The minimum absolute atomic E-state index is 0.182. The summed E-state index contributed by atoms with van der Waals surface area (Å²) < 4.78 is 7.59. The molecule has 1 atom stereocenters. The zero-order valence-electron chi connectivity index (χ0n) is 9.85. The minimum atomic E-state index is 0.182. The highest BCUT2D eigenvalue weighted by atomic mass is 16.5. The summed E-state index contributed by atoms with van der Waals surface area (Å²) in [5.74, 6) is 0. The number of carbonyl (C=O) groups is 1. The molecule has 1 aliphatic rings. The average molecular weight is 225 g/mol. The maximum atomic E-state index is 8.58. The molecule has 0 bridgehead atoms. The summed E-state index contributed by atoms with van der Waals surface area (Å²) in [6.07, 6.45) is 6.05. The van der Waals surface area contributed by atoms with Gasteiger partial charge in [-0.2, -0.15) is 5.10 Å². The normalized spacial score (nSPS) is 19.8. The molecule has 1 aromatic heterocycles. The van der Waals surface area contributed by atoms with Crippen molar-refractivity contribution in [2.75, 3.05) is 6.61 Å². The first-order valence-corrected chi connectivity index (χ1v) is 5.48. The number of rotatable bonds is 1. The van der Waals surface area contributed by atoms with Gasteiger partial charge >= 0.3 is 0 Å². The SMILES string of the molecule is Cc1cn(C2CCCCO2)nc1C.NC=O. The van der Waals surface area contributed by atoms with Gasteiger partial charge in [-0.25, -0.2) is 4.68 Å². The van der Waals surface area contributed by atoms with Gasteiger partial charge in [-0.3, -0.25) is 4.79 Å². The van der Waals surface area contributed by atoms with E-state index < -0.39 is 0 Å². The molecule has 5 heteroatoms. The van der Waals surface area contributed by atoms with Gasteiger partial charge in [-0.15, -0.1) is 0 Å². The zero-order valence-corrected chi connectivity index (χ0v) is 9.85. The number of nitrogens with zero attached hydrogens (tertiary/aromatic N) is 2. The lowest BCUT2D eigenvalue weighted by atomic mass is 10.2. The molecule has 90 valence electrons. The molecule has 0 radical (unpaired) electrons. The quantitative estimate of drug-likeness (QED) is 0.732. The molecular weight excluding hydrogens is 206 g/mol. The molecule has 1 aliphatic heterocycles. The zero-order chi connectivity index (χ0) is 12.0. The second-order valence-electron chi connectivity index (χ2n) is 3.83. The Kier molecular flexibility index (Phi) is 4.98. The predicted octanol–water partition coefficient (Wildman–Crippen LogP) is 1.30. The van der Waals surface area contributed by atoms with Gasteiger partial charge in [0.1, 0.15) is 6.23 Å². The van der Waals surface area contributed by atoms with Crippen LogP contribution in [0.3, 0.4) is 0 Å². The van der Waals surface area contributed by atoms with Gasteiger partial charge in [0.15, 0.2) is 0 Å². The summed E-state index contributed by atoms with van der Waals surface area (Å²) in [5, 5.41) is 4.43. The van der Waals surface area contributed by atoms with Crippen LogP contribution < -0.4 is 5.73 Å². The number of aromatic nitrogens is 2. The van der Waals surface area contributed by atoms with Gasteiger partial charge in [0.25, 0.3) is 0 Å². The van der Waals surface area contributed by atoms with Crippen molar-refractivity contribution in [2.45, 2.75) is 39.3 Å². The van der Waals surface area contributed by atoms with Crippen LogP contribution in [0, 0.1) is 13.8 Å². The van der Waals surface area contributed by atoms with Crippen LogP contribution in [0.15, 0.2) is 6.20 Å². The molecule has 2 heterocycles. The number of hydrogen-bond acceptors (Lipinski definition) is 3. The third-order valence-electron chi connectivity index (χ3n) is 2.61. The Morgan fingerprint density at radius 3 is 2.69 bits per heavy atom. The number of primary amides is 1. The van der Waals surface area contributed by atoms with Crippen LogP contribution in [0.4, 0.5) is 0 Å². The van der Waals surface area contributed by atoms with E-state index >= 15 is 0 Å². The van der Waals surface area contributed by atoms with E-state index in [-0.39, 0.29) is 12.6 Å². The van der Waals surface area contributed by atoms with Gasteiger partial charge in [-0.05, 0) is 38.7 Å². The smallest absolute Gasteiger partial charge is 0.204 e. The van der Waals surface area contributed by atoms with Crippen molar-refractivity contribution in [2.24, 2.45) is 5.73 Å². The number of hydrogen-bond donors (Lipinski definition) is 1. The second kappa shape index (κ2) is 6.27. The first-order chi connectivity index (χ1) is 7.69. The monoisotopic (exact) mass is 225 g/mol. The molecule has 2 N–H and O–H groups in total. The fourth-order valence-corrected chi connectivity index (χ4v) is 1.65. The van der Waals surface area contributed by atoms with Crippen molar-refractivity contribution >= 4 is 6.41 Å². The highest BCUT2D eigenvalue weighted by molar-refractivity contribution is 5.42. The van der Waals surface area contributed by atoms with Crippen molar-refractivity contribution in [3.63, 3.8) is 0 Å². The molecular formula is C11H19N3O2. The molecule has 0 aromatic carbocycles. The van der Waals surface area contributed by atoms with E-state index in [4.69, 9.17) is 9.53 Å². The summed E-state index contributed by atoms with van der Waals surface area (Å²) in [6.45, 7) is 5.00. The van der Waals surface area contributed by atoms with Crippen molar-refractivity contribution in [1.29, 1.82) is 0 Å². The van der Waals surface area contributed by atoms with E-state index in [1.807, 2.05) is 11.6 Å². The van der Waals surface area contributed by atoms with Crippen LogP contribution in [0.5, 0.6) is 0 Å². The van der Waals surface area contributed by atoms with Crippen molar-refractivity contribution in [3.8, 4) is 0 Å². The third-order valence-corrected chi connectivity index (χ3v) is 2.61. The second-order valence-corrected chi connectivity index (χ2v) is 3.83. The highest BCUT2D eigenvalue weighted by Crippen LogP contribution is 2.22. The Bertz CT molecular complexity index is 310. The summed E-state index contributed by atoms with van der Waals surface area (Å²) >= 11 is 0. The van der Waals surface area contributed by atoms with Crippen molar-refractivity contribution < 1.29 is 9.53 Å². The lowest BCUT2D eigenvalue weighted by Crippen LogP contribution is -2.18. The van der Waals surface area contributed by atoms with Crippen LogP contribution in [0.2, 0.25) is 0 Å². The number of carbonyl (C=O) groups excluding carboxylic acids is 1. The number of ether oxygens (including phenoxy) is 1. The van der Waals surface area contributed by atoms with E-state index in [9.17, 15) is 0 Å². The van der Waals surface area contributed by atoms with Crippen LogP contribution in [-0.4, -0.2) is 22.8 Å². The first kappa shape index (κ1) is 12.7. The van der Waals surface area contributed by atoms with E-state index in [1.54, 1.807) is 0 Å². The molecule has 0 aliphatic carbocycles. The molecule has 1 saturated heterocycles. The topological polar surface area (TPSA) is 70.1 Å². The third kappa shape index (κ3) is 3.34. The Labute approximate surface area is 95.6 Å². The molecule has 1 unspecified atom stereocenters. The molecule has 2 rings (SSSR count). The van der Waals surface area contributed by atoms with Crippen molar-refractivity contribution in [1.82, 2.24) is 9.78 Å². The maximum absolute atomic E-state index is 8.58. The van der Waals surface area contributed by atoms with Gasteiger partial charge in [-0.1, -0.05) is 0 Å². The first-order valence-electron chi connectivity index (χ1n) is 5.48. The van der Waals surface area contributed by atoms with Crippen LogP contribution in [0.25, 0.3) is 0 Å². The van der Waals surface area contributed by atoms with Gasteiger partial charge in [0, 0.05) is 12.8 Å². The maximum Gasteiger partial charge on any atom is 0.204 e. The van der Waals surface area contributed by atoms with E-state index in [1.165, 1.54) is 18.4 Å². The van der Waals surface area contributed by atoms with Crippen LogP contribution >= 0.6 is 0 Å². The Morgan fingerprint density at radius 1 is 1.56 bits per heavy atom. The van der Waals surface area contributed by atoms with Gasteiger partial charge in [0.2, 0.25) is 6.41 Å². The van der Waals surface area contributed by atoms with Gasteiger partial charge < -0.3 is 10.5 Å². The standard InChI is InChI=1S/C10H16N2O.CH3NO/c1-8-7-12(11-9(8)2)10-5-3-4-6-13-10;2-1-3/h7,10H,3-6H2,1-2H3;1H,(H2,2,3). The molecule has 1 aromatic rings. The van der Waals surface area contributed by atoms with Crippen LogP contribution in [0.1, 0.15) is 36.7 Å². The molecule has 5 nitrogen and oxygen atoms in total. The fourth-order valence-electron chi connectivity index (χ4n) is 1.65. The average Bonchev–Trinajstić information content (AvgIpc) is 2.62. The fraction of sp³-hybridized carbons (Fsp3) is 0.636.